The van der Waals surface area contributed by atoms with E-state index in [2.05, 4.69) is 9.97 Å². The van der Waals surface area contributed by atoms with E-state index in [0.29, 0.717) is 36.6 Å². The molecule has 1 aliphatic heterocycles. The molecule has 1 aromatic rings. The third kappa shape index (κ3) is 2.79. The summed E-state index contributed by atoms with van der Waals surface area (Å²) < 4.78 is 0. The van der Waals surface area contributed by atoms with Gasteiger partial charge in [-0.25, -0.2) is 9.97 Å². The summed E-state index contributed by atoms with van der Waals surface area (Å²) in [5.41, 5.74) is 1.21. The summed E-state index contributed by atoms with van der Waals surface area (Å²) in [6.07, 6.45) is 2.29. The van der Waals surface area contributed by atoms with Gasteiger partial charge in [-0.2, -0.15) is 0 Å². The van der Waals surface area contributed by atoms with Gasteiger partial charge in [-0.1, -0.05) is 0 Å². The molecule has 2 heterocycles. The van der Waals surface area contributed by atoms with Crippen molar-refractivity contribution in [2.75, 3.05) is 27.2 Å². The predicted octanol–water partition coefficient (Wildman–Crippen LogP) is 0.644. The van der Waals surface area contributed by atoms with Gasteiger partial charge in [-0.3, -0.25) is 9.59 Å². The number of hydrogen-bond acceptors (Lipinski definition) is 4. The maximum absolute atomic E-state index is 12.4. The smallest absolute Gasteiger partial charge is 0.257 e. The Bertz CT molecular complexity index is 542. The quantitative estimate of drug-likeness (QED) is 0.795. The zero-order chi connectivity index (χ0) is 14.9. The number of likely N-dealkylation sites (tertiary alicyclic amines) is 1. The van der Waals surface area contributed by atoms with E-state index >= 15 is 0 Å². The first kappa shape index (κ1) is 14.4. The Kier molecular flexibility index (Phi) is 4.01. The molecule has 1 unspecified atom stereocenters. The van der Waals surface area contributed by atoms with Crippen LogP contribution in [0, 0.1) is 19.8 Å². The first-order valence-corrected chi connectivity index (χ1v) is 6.71. The topological polar surface area (TPSA) is 66.4 Å². The van der Waals surface area contributed by atoms with Crippen LogP contribution < -0.4 is 0 Å². The minimum Gasteiger partial charge on any atom is -0.349 e. The summed E-state index contributed by atoms with van der Waals surface area (Å²) in [6.45, 7) is 4.68. The van der Waals surface area contributed by atoms with Gasteiger partial charge in [-0.15, -0.1) is 0 Å². The third-order valence-corrected chi connectivity index (χ3v) is 3.60. The molecular formula is C14H20N4O2. The molecule has 0 aromatic carbocycles. The molecule has 1 aromatic heterocycles. The van der Waals surface area contributed by atoms with Crippen LogP contribution in [0.4, 0.5) is 0 Å². The molecule has 6 nitrogen and oxygen atoms in total. The van der Waals surface area contributed by atoms with E-state index in [1.807, 2.05) is 0 Å². The molecule has 0 aliphatic carbocycles. The number of nitrogens with zero attached hydrogens (tertiary/aromatic N) is 4. The Morgan fingerprint density at radius 1 is 1.35 bits per heavy atom. The van der Waals surface area contributed by atoms with Crippen LogP contribution in [0.25, 0.3) is 0 Å². The summed E-state index contributed by atoms with van der Waals surface area (Å²) in [4.78, 5) is 36.0. The van der Waals surface area contributed by atoms with Crippen LogP contribution in [0.2, 0.25) is 0 Å². The van der Waals surface area contributed by atoms with E-state index in [0.717, 1.165) is 0 Å². The van der Waals surface area contributed by atoms with Gasteiger partial charge in [0.2, 0.25) is 5.91 Å². The van der Waals surface area contributed by atoms with Gasteiger partial charge in [0, 0.05) is 33.4 Å². The van der Waals surface area contributed by atoms with E-state index in [1.54, 1.807) is 43.9 Å². The molecule has 1 atom stereocenters. The second kappa shape index (κ2) is 5.56. The first-order valence-electron chi connectivity index (χ1n) is 6.71. The molecule has 1 aliphatic rings. The fraction of sp³-hybridized carbons (Fsp3) is 0.571. The van der Waals surface area contributed by atoms with Crippen LogP contribution in [0.15, 0.2) is 6.20 Å². The third-order valence-electron chi connectivity index (χ3n) is 3.60. The van der Waals surface area contributed by atoms with Crippen LogP contribution >= 0.6 is 0 Å². The van der Waals surface area contributed by atoms with E-state index < -0.39 is 0 Å². The molecule has 0 saturated carbocycles. The van der Waals surface area contributed by atoms with Crippen LogP contribution in [0.3, 0.4) is 0 Å². The molecule has 2 rings (SSSR count). The Labute approximate surface area is 118 Å². The zero-order valence-electron chi connectivity index (χ0n) is 12.4. The molecule has 1 saturated heterocycles. The van der Waals surface area contributed by atoms with Gasteiger partial charge in [0.05, 0.1) is 17.2 Å². The van der Waals surface area contributed by atoms with Crippen LogP contribution in [0.5, 0.6) is 0 Å². The lowest BCUT2D eigenvalue weighted by molar-refractivity contribution is -0.132. The van der Waals surface area contributed by atoms with E-state index in [4.69, 9.17) is 0 Å². The Morgan fingerprint density at radius 3 is 2.65 bits per heavy atom. The second-order valence-corrected chi connectivity index (χ2v) is 5.39. The van der Waals surface area contributed by atoms with E-state index in [9.17, 15) is 9.59 Å². The van der Waals surface area contributed by atoms with Gasteiger partial charge in [0.25, 0.3) is 5.91 Å². The predicted molar refractivity (Wildman–Crippen MR) is 74.2 cm³/mol. The number of aryl methyl sites for hydroxylation is 2. The maximum atomic E-state index is 12.4. The average molecular weight is 276 g/mol. The Balaban J connectivity index is 2.10. The SMILES string of the molecule is Cc1ncc(C(=O)N2CCC(C(=O)N(C)C)C2)c(C)n1. The van der Waals surface area contributed by atoms with Gasteiger partial charge in [0.1, 0.15) is 5.82 Å². The Morgan fingerprint density at radius 2 is 2.05 bits per heavy atom. The van der Waals surface area contributed by atoms with Gasteiger partial charge in [0.15, 0.2) is 0 Å². The van der Waals surface area contributed by atoms with Gasteiger partial charge >= 0.3 is 0 Å². The molecule has 2 amide bonds. The summed E-state index contributed by atoms with van der Waals surface area (Å²) in [6, 6.07) is 0. The highest BCUT2D eigenvalue weighted by atomic mass is 16.2. The van der Waals surface area contributed by atoms with Crippen molar-refractivity contribution >= 4 is 11.8 Å². The number of carbonyl (C=O) groups excluding carboxylic acids is 2. The molecule has 1 fully saturated rings. The van der Waals surface area contributed by atoms with Crippen molar-refractivity contribution in [3.63, 3.8) is 0 Å². The van der Waals surface area contributed by atoms with Gasteiger partial charge < -0.3 is 9.80 Å². The van der Waals surface area contributed by atoms with Crippen molar-refractivity contribution in [1.29, 1.82) is 0 Å². The Hall–Kier alpha value is -1.98. The van der Waals surface area contributed by atoms with E-state index in [-0.39, 0.29) is 17.7 Å². The fourth-order valence-corrected chi connectivity index (χ4v) is 2.47. The molecule has 20 heavy (non-hydrogen) atoms. The summed E-state index contributed by atoms with van der Waals surface area (Å²) in [5.74, 6) is 0.551. The number of aromatic nitrogens is 2. The summed E-state index contributed by atoms with van der Waals surface area (Å²) in [7, 11) is 3.48. The molecule has 0 bridgehead atoms. The number of carbonyl (C=O) groups is 2. The summed E-state index contributed by atoms with van der Waals surface area (Å²) >= 11 is 0. The molecule has 0 N–H and O–H groups in total. The van der Waals surface area contributed by atoms with Crippen LogP contribution in [0.1, 0.15) is 28.3 Å². The van der Waals surface area contributed by atoms with Gasteiger partial charge in [-0.05, 0) is 20.3 Å². The minimum absolute atomic E-state index is 0.0807. The second-order valence-electron chi connectivity index (χ2n) is 5.39. The first-order chi connectivity index (χ1) is 9.40. The minimum atomic E-state index is -0.0966. The molecular weight excluding hydrogens is 256 g/mol. The van der Waals surface area contributed by atoms with Crippen molar-refractivity contribution in [2.45, 2.75) is 20.3 Å². The van der Waals surface area contributed by atoms with Crippen molar-refractivity contribution in [1.82, 2.24) is 19.8 Å². The molecule has 0 radical (unpaired) electrons. The molecule has 6 heteroatoms. The average Bonchev–Trinajstić information content (AvgIpc) is 2.86. The largest absolute Gasteiger partial charge is 0.349 e. The lowest BCUT2D eigenvalue weighted by atomic mass is 10.1. The molecule has 108 valence electrons. The standard InChI is InChI=1S/C14H20N4O2/c1-9-12(7-15-10(2)16-9)14(20)18-6-5-11(8-18)13(19)17(3)4/h7,11H,5-6,8H2,1-4H3. The zero-order valence-corrected chi connectivity index (χ0v) is 12.4. The van der Waals surface area contributed by atoms with Crippen molar-refractivity contribution in [2.24, 2.45) is 5.92 Å². The number of hydrogen-bond donors (Lipinski definition) is 0. The van der Waals surface area contributed by atoms with Crippen molar-refractivity contribution in [3.8, 4) is 0 Å². The number of amides is 2. The maximum Gasteiger partial charge on any atom is 0.257 e. The highest BCUT2D eigenvalue weighted by Gasteiger charge is 2.32. The lowest BCUT2D eigenvalue weighted by Crippen LogP contribution is -2.34. The monoisotopic (exact) mass is 276 g/mol. The highest BCUT2D eigenvalue weighted by Crippen LogP contribution is 2.20. The highest BCUT2D eigenvalue weighted by molar-refractivity contribution is 5.95. The lowest BCUT2D eigenvalue weighted by Gasteiger charge is -2.18. The number of rotatable bonds is 2. The normalized spacial score (nSPS) is 18.2. The fourth-order valence-electron chi connectivity index (χ4n) is 2.47. The van der Waals surface area contributed by atoms with Crippen molar-refractivity contribution < 1.29 is 9.59 Å². The van der Waals surface area contributed by atoms with E-state index in [1.165, 1.54) is 0 Å². The van der Waals surface area contributed by atoms with Crippen molar-refractivity contribution in [3.05, 3.63) is 23.3 Å². The molecule has 0 spiro atoms. The van der Waals surface area contributed by atoms with Crippen LogP contribution in [-0.2, 0) is 4.79 Å². The summed E-state index contributed by atoms with van der Waals surface area (Å²) in [5, 5.41) is 0. The van der Waals surface area contributed by atoms with Crippen LogP contribution in [-0.4, -0.2) is 58.8 Å².